The quantitative estimate of drug-likeness (QED) is 0.319. The minimum Gasteiger partial charge on any atom is -0.258 e. The van der Waals surface area contributed by atoms with Crippen LogP contribution in [0.1, 0.15) is 5.56 Å². The second-order valence-corrected chi connectivity index (χ2v) is 5.37. The van der Waals surface area contributed by atoms with E-state index in [2.05, 4.69) is 20.2 Å². The third-order valence-electron chi connectivity index (χ3n) is 3.87. The van der Waals surface area contributed by atoms with Gasteiger partial charge in [-0.1, -0.05) is 30.3 Å². The van der Waals surface area contributed by atoms with Crippen LogP contribution in [0.3, 0.4) is 0 Å². The predicted molar refractivity (Wildman–Crippen MR) is 89.5 cm³/mol. The molecule has 0 aliphatic rings. The Hall–Kier alpha value is -3.48. The molecule has 0 radical (unpaired) electrons. The monoisotopic (exact) mass is 317 g/mol. The summed E-state index contributed by atoms with van der Waals surface area (Å²) in [5.74, 6) is 0.339. The summed E-state index contributed by atoms with van der Waals surface area (Å²) in [5, 5.41) is 20.2. The van der Waals surface area contributed by atoms with Crippen LogP contribution in [0.2, 0.25) is 0 Å². The van der Waals surface area contributed by atoms with Gasteiger partial charge in [-0.15, -0.1) is 10.2 Å². The Bertz CT molecular complexity index is 1110. The van der Waals surface area contributed by atoms with Crippen molar-refractivity contribution in [3.05, 3.63) is 64.2 Å². The van der Waals surface area contributed by atoms with Crippen LogP contribution < -0.4 is 0 Å². The topological polar surface area (TPSA) is 94.7 Å². The van der Waals surface area contributed by atoms with Crippen LogP contribution in [-0.2, 0) is 0 Å². The van der Waals surface area contributed by atoms with Crippen LogP contribution in [0.5, 0.6) is 0 Å². The molecule has 0 N–H and O–H groups in total. The Morgan fingerprint density at radius 1 is 1.00 bits per heavy atom. The molecule has 7 nitrogen and oxygen atoms in total. The van der Waals surface area contributed by atoms with E-state index in [9.17, 15) is 10.1 Å². The number of fused-ring (bicyclic) bond motifs is 2. The molecular formula is C17H11N5O2. The summed E-state index contributed by atoms with van der Waals surface area (Å²) in [6.45, 7) is 1.96. The van der Waals surface area contributed by atoms with Gasteiger partial charge in [-0.2, -0.15) is 0 Å². The number of nitro benzene ring substituents is 1. The van der Waals surface area contributed by atoms with Crippen LogP contribution in [0.25, 0.3) is 33.5 Å². The summed E-state index contributed by atoms with van der Waals surface area (Å²) >= 11 is 0. The lowest BCUT2D eigenvalue weighted by Crippen LogP contribution is -1.99. The molecule has 0 saturated heterocycles. The number of hydrogen-bond donors (Lipinski definition) is 0. The van der Waals surface area contributed by atoms with Crippen LogP contribution in [0.4, 0.5) is 5.69 Å². The highest BCUT2D eigenvalue weighted by Gasteiger charge is 2.13. The average Bonchev–Trinajstić information content (AvgIpc) is 2.62. The molecule has 2 aromatic carbocycles. The lowest BCUT2D eigenvalue weighted by molar-refractivity contribution is -0.384. The Labute approximate surface area is 136 Å². The minimum absolute atomic E-state index is 0.00967. The molecule has 4 rings (SSSR count). The average molecular weight is 317 g/mol. The van der Waals surface area contributed by atoms with E-state index < -0.39 is 4.92 Å². The molecule has 4 aromatic rings. The zero-order valence-corrected chi connectivity index (χ0v) is 12.7. The van der Waals surface area contributed by atoms with Crippen molar-refractivity contribution >= 4 is 27.8 Å². The summed E-state index contributed by atoms with van der Waals surface area (Å²) < 4.78 is 0. The molecule has 0 amide bonds. The van der Waals surface area contributed by atoms with Crippen LogP contribution in [0.15, 0.2) is 48.5 Å². The van der Waals surface area contributed by atoms with E-state index in [1.807, 2.05) is 31.2 Å². The number of non-ortho nitro benzene ring substituents is 1. The number of pyridine rings is 1. The number of aromatic nitrogens is 4. The highest BCUT2D eigenvalue weighted by molar-refractivity contribution is 5.93. The first-order valence-corrected chi connectivity index (χ1v) is 7.28. The molecule has 0 unspecified atom stereocenters. The van der Waals surface area contributed by atoms with Crippen molar-refractivity contribution in [3.63, 3.8) is 0 Å². The van der Waals surface area contributed by atoms with Crippen LogP contribution in [-0.4, -0.2) is 25.1 Å². The van der Waals surface area contributed by atoms with Gasteiger partial charge in [0.25, 0.3) is 5.69 Å². The molecule has 7 heteroatoms. The first-order valence-electron chi connectivity index (χ1n) is 7.28. The van der Waals surface area contributed by atoms with Gasteiger partial charge in [0.1, 0.15) is 5.52 Å². The Balaban J connectivity index is 1.95. The fourth-order valence-electron chi connectivity index (χ4n) is 2.66. The number of rotatable bonds is 2. The zero-order valence-electron chi connectivity index (χ0n) is 12.7. The van der Waals surface area contributed by atoms with Crippen molar-refractivity contribution < 1.29 is 4.92 Å². The first-order chi connectivity index (χ1) is 11.6. The molecule has 24 heavy (non-hydrogen) atoms. The maximum Gasteiger partial charge on any atom is 0.270 e. The zero-order chi connectivity index (χ0) is 16.7. The molecule has 2 heterocycles. The fourth-order valence-corrected chi connectivity index (χ4v) is 2.66. The molecule has 0 aliphatic heterocycles. The van der Waals surface area contributed by atoms with E-state index in [1.54, 1.807) is 12.1 Å². The highest BCUT2D eigenvalue weighted by atomic mass is 16.6. The summed E-state index contributed by atoms with van der Waals surface area (Å²) in [5.41, 5.74) is 3.43. The van der Waals surface area contributed by atoms with E-state index in [-0.39, 0.29) is 5.69 Å². The van der Waals surface area contributed by atoms with Crippen molar-refractivity contribution in [3.8, 4) is 11.4 Å². The lowest BCUT2D eigenvalue weighted by Gasteiger charge is -2.06. The summed E-state index contributed by atoms with van der Waals surface area (Å²) in [6, 6.07) is 13.9. The first kappa shape index (κ1) is 14.1. The van der Waals surface area contributed by atoms with Crippen LogP contribution in [0, 0.1) is 17.0 Å². The lowest BCUT2D eigenvalue weighted by atomic mass is 10.1. The van der Waals surface area contributed by atoms with E-state index in [0.717, 1.165) is 16.5 Å². The van der Waals surface area contributed by atoms with E-state index in [1.165, 1.54) is 12.1 Å². The van der Waals surface area contributed by atoms with E-state index in [0.29, 0.717) is 22.6 Å². The molecule has 116 valence electrons. The number of para-hydroxylation sites is 1. The maximum absolute atomic E-state index is 10.9. The molecular weight excluding hydrogens is 306 g/mol. The van der Waals surface area contributed by atoms with Crippen molar-refractivity contribution in [1.29, 1.82) is 0 Å². The van der Waals surface area contributed by atoms with Crippen molar-refractivity contribution in [2.24, 2.45) is 0 Å². The van der Waals surface area contributed by atoms with Gasteiger partial charge >= 0.3 is 0 Å². The fraction of sp³-hybridized carbons (Fsp3) is 0.0588. The summed E-state index contributed by atoms with van der Waals surface area (Å²) in [4.78, 5) is 19.5. The number of aryl methyl sites for hydroxylation is 1. The molecule has 0 atom stereocenters. The number of hydrogen-bond acceptors (Lipinski definition) is 6. The highest BCUT2D eigenvalue weighted by Crippen LogP contribution is 2.25. The number of benzene rings is 2. The Morgan fingerprint density at radius 3 is 2.67 bits per heavy atom. The second kappa shape index (κ2) is 5.31. The minimum atomic E-state index is -0.446. The Kier molecular flexibility index (Phi) is 3.13. The largest absolute Gasteiger partial charge is 0.270 e. The molecule has 0 aliphatic carbocycles. The number of nitro groups is 1. The molecule has 0 fully saturated rings. The van der Waals surface area contributed by atoms with Gasteiger partial charge in [0.2, 0.25) is 5.65 Å². The number of nitrogens with zero attached hydrogens (tertiary/aromatic N) is 5. The van der Waals surface area contributed by atoms with Gasteiger partial charge in [0, 0.05) is 23.1 Å². The second-order valence-electron chi connectivity index (χ2n) is 5.37. The van der Waals surface area contributed by atoms with Crippen molar-refractivity contribution in [2.75, 3.05) is 0 Å². The third-order valence-corrected chi connectivity index (χ3v) is 3.87. The van der Waals surface area contributed by atoms with Gasteiger partial charge in [-0.25, -0.2) is 9.97 Å². The molecule has 0 bridgehead atoms. The molecule has 2 aromatic heterocycles. The molecule has 0 spiro atoms. The normalized spacial score (nSPS) is 11.0. The van der Waals surface area contributed by atoms with Gasteiger partial charge in [0.05, 0.1) is 10.4 Å². The SMILES string of the molecule is Cc1c2ccccc2nc2nnc(-c3cccc([N+](=O)[O-])c3)nc12. The predicted octanol–water partition coefficient (Wildman–Crippen LogP) is 3.46. The van der Waals surface area contributed by atoms with Gasteiger partial charge in [0.15, 0.2) is 5.82 Å². The van der Waals surface area contributed by atoms with Gasteiger partial charge in [-0.05, 0) is 18.6 Å². The Morgan fingerprint density at radius 2 is 1.83 bits per heavy atom. The van der Waals surface area contributed by atoms with Crippen molar-refractivity contribution in [1.82, 2.24) is 20.2 Å². The van der Waals surface area contributed by atoms with Gasteiger partial charge in [-0.3, -0.25) is 10.1 Å². The third kappa shape index (κ3) is 2.23. The maximum atomic E-state index is 10.9. The van der Waals surface area contributed by atoms with E-state index in [4.69, 9.17) is 0 Å². The van der Waals surface area contributed by atoms with Crippen molar-refractivity contribution in [2.45, 2.75) is 6.92 Å². The van der Waals surface area contributed by atoms with Crippen LogP contribution >= 0.6 is 0 Å². The summed E-state index contributed by atoms with van der Waals surface area (Å²) in [6.07, 6.45) is 0. The van der Waals surface area contributed by atoms with Gasteiger partial charge < -0.3 is 0 Å². The summed E-state index contributed by atoms with van der Waals surface area (Å²) in [7, 11) is 0. The standard InChI is InChI=1S/C17H11N5O2/c1-10-13-7-2-3-8-14(13)18-17-15(10)19-16(20-21-17)11-5-4-6-12(9-11)22(23)24/h2-9H,1H3. The van der Waals surface area contributed by atoms with E-state index >= 15 is 0 Å². The molecule has 0 saturated carbocycles. The smallest absolute Gasteiger partial charge is 0.258 e.